The zero-order chi connectivity index (χ0) is 19.1. The molecule has 0 fully saturated rings. The van der Waals surface area contributed by atoms with Crippen LogP contribution < -0.4 is 9.47 Å². The summed E-state index contributed by atoms with van der Waals surface area (Å²) in [7, 11) is 1.62. The number of carbonyl (C=O) groups is 1. The molecule has 142 valence electrons. The minimum absolute atomic E-state index is 0.0132. The van der Waals surface area contributed by atoms with Crippen molar-refractivity contribution in [3.8, 4) is 11.5 Å². The molecule has 0 bridgehead atoms. The van der Waals surface area contributed by atoms with Gasteiger partial charge in [0.1, 0.15) is 11.6 Å². The standard InChI is InChI=1S/C20H28N2O3S/c1-14(2)10-22(20(23)15(3)4)11-16-13-26-19(21-16)12-25-18-9-7-6-8-17(18)24-5/h6-9,13-15H,10-12H2,1-5H3. The van der Waals surface area contributed by atoms with Gasteiger partial charge in [-0.25, -0.2) is 4.98 Å². The molecular weight excluding hydrogens is 348 g/mol. The number of para-hydroxylation sites is 2. The molecule has 5 nitrogen and oxygen atoms in total. The molecule has 0 aliphatic carbocycles. The topological polar surface area (TPSA) is 51.7 Å². The van der Waals surface area contributed by atoms with Crippen LogP contribution in [0.4, 0.5) is 0 Å². The van der Waals surface area contributed by atoms with Crippen LogP contribution in [0.2, 0.25) is 0 Å². The smallest absolute Gasteiger partial charge is 0.225 e. The summed E-state index contributed by atoms with van der Waals surface area (Å²) in [5.74, 6) is 1.97. The van der Waals surface area contributed by atoms with Crippen LogP contribution in [0.3, 0.4) is 0 Å². The highest BCUT2D eigenvalue weighted by atomic mass is 32.1. The minimum Gasteiger partial charge on any atom is -0.493 e. The number of ether oxygens (including phenoxy) is 2. The van der Waals surface area contributed by atoms with Crippen LogP contribution in [0, 0.1) is 11.8 Å². The highest BCUT2D eigenvalue weighted by Gasteiger charge is 2.19. The fraction of sp³-hybridized carbons (Fsp3) is 0.500. The summed E-state index contributed by atoms with van der Waals surface area (Å²) < 4.78 is 11.1. The summed E-state index contributed by atoms with van der Waals surface area (Å²) >= 11 is 1.55. The van der Waals surface area contributed by atoms with Crippen molar-refractivity contribution in [1.82, 2.24) is 9.88 Å². The average Bonchev–Trinajstić information content (AvgIpc) is 3.06. The van der Waals surface area contributed by atoms with Crippen LogP contribution >= 0.6 is 11.3 Å². The van der Waals surface area contributed by atoms with E-state index in [4.69, 9.17) is 9.47 Å². The number of rotatable bonds is 9. The number of hydrogen-bond donors (Lipinski definition) is 0. The lowest BCUT2D eigenvalue weighted by Crippen LogP contribution is -2.36. The van der Waals surface area contributed by atoms with Gasteiger partial charge in [0.15, 0.2) is 11.5 Å². The first-order chi connectivity index (χ1) is 12.4. The first kappa shape index (κ1) is 20.2. The third kappa shape index (κ3) is 5.73. The molecule has 1 aromatic heterocycles. The summed E-state index contributed by atoms with van der Waals surface area (Å²) in [5, 5.41) is 2.88. The summed E-state index contributed by atoms with van der Waals surface area (Å²) in [6.45, 7) is 9.77. The van der Waals surface area contributed by atoms with Crippen molar-refractivity contribution in [3.63, 3.8) is 0 Å². The van der Waals surface area contributed by atoms with Crippen molar-refractivity contribution in [2.24, 2.45) is 11.8 Å². The van der Waals surface area contributed by atoms with E-state index in [0.29, 0.717) is 30.6 Å². The first-order valence-electron chi connectivity index (χ1n) is 8.88. The van der Waals surface area contributed by atoms with E-state index in [1.165, 1.54) is 0 Å². The van der Waals surface area contributed by atoms with Crippen molar-refractivity contribution in [2.75, 3.05) is 13.7 Å². The lowest BCUT2D eigenvalue weighted by Gasteiger charge is -2.25. The molecule has 6 heteroatoms. The average molecular weight is 377 g/mol. The van der Waals surface area contributed by atoms with Gasteiger partial charge in [-0.15, -0.1) is 11.3 Å². The van der Waals surface area contributed by atoms with E-state index in [2.05, 4.69) is 18.8 Å². The third-order valence-corrected chi connectivity index (χ3v) is 4.63. The Morgan fingerprint density at radius 1 is 1.19 bits per heavy atom. The molecule has 1 heterocycles. The number of carbonyl (C=O) groups excluding carboxylic acids is 1. The van der Waals surface area contributed by atoms with Gasteiger partial charge in [-0.3, -0.25) is 4.79 Å². The Morgan fingerprint density at radius 3 is 2.50 bits per heavy atom. The van der Waals surface area contributed by atoms with Gasteiger partial charge in [0.2, 0.25) is 5.91 Å². The fourth-order valence-electron chi connectivity index (χ4n) is 2.60. The van der Waals surface area contributed by atoms with E-state index in [0.717, 1.165) is 17.2 Å². The van der Waals surface area contributed by atoms with Crippen molar-refractivity contribution in [2.45, 2.75) is 40.8 Å². The molecule has 0 spiro atoms. The number of benzene rings is 1. The van der Waals surface area contributed by atoms with Crippen LogP contribution in [-0.4, -0.2) is 29.4 Å². The van der Waals surface area contributed by atoms with Crippen molar-refractivity contribution in [1.29, 1.82) is 0 Å². The number of thiazole rings is 1. The van der Waals surface area contributed by atoms with Crippen LogP contribution in [0.1, 0.15) is 38.4 Å². The molecule has 2 aromatic rings. The SMILES string of the molecule is COc1ccccc1OCc1nc(CN(CC(C)C)C(=O)C(C)C)cs1. The van der Waals surface area contributed by atoms with E-state index in [1.807, 2.05) is 48.4 Å². The Morgan fingerprint density at radius 2 is 1.88 bits per heavy atom. The van der Waals surface area contributed by atoms with Gasteiger partial charge in [-0.2, -0.15) is 0 Å². The van der Waals surface area contributed by atoms with Gasteiger partial charge in [0, 0.05) is 17.8 Å². The summed E-state index contributed by atoms with van der Waals surface area (Å²) in [6, 6.07) is 7.55. The summed E-state index contributed by atoms with van der Waals surface area (Å²) in [5.41, 5.74) is 0.906. The maximum absolute atomic E-state index is 12.4. The molecule has 0 aliphatic rings. The largest absolute Gasteiger partial charge is 0.493 e. The lowest BCUT2D eigenvalue weighted by molar-refractivity contribution is -0.135. The van der Waals surface area contributed by atoms with Crippen LogP contribution in [0.25, 0.3) is 0 Å². The molecule has 26 heavy (non-hydrogen) atoms. The zero-order valence-corrected chi connectivity index (χ0v) is 17.0. The fourth-order valence-corrected chi connectivity index (χ4v) is 3.30. The maximum Gasteiger partial charge on any atom is 0.225 e. The monoisotopic (exact) mass is 376 g/mol. The molecule has 2 rings (SSSR count). The second-order valence-corrected chi connectivity index (χ2v) is 7.88. The maximum atomic E-state index is 12.4. The molecule has 1 amide bonds. The molecule has 0 saturated heterocycles. The molecule has 0 saturated carbocycles. The Hall–Kier alpha value is -2.08. The highest BCUT2D eigenvalue weighted by Crippen LogP contribution is 2.27. The number of amides is 1. The molecule has 0 aliphatic heterocycles. The lowest BCUT2D eigenvalue weighted by atomic mass is 10.1. The number of nitrogens with zero attached hydrogens (tertiary/aromatic N) is 2. The normalized spacial score (nSPS) is 11.0. The van der Waals surface area contributed by atoms with Gasteiger partial charge in [0.25, 0.3) is 0 Å². The van der Waals surface area contributed by atoms with Crippen molar-refractivity contribution >= 4 is 17.2 Å². The molecule has 0 unspecified atom stereocenters. The number of aromatic nitrogens is 1. The minimum atomic E-state index is -0.0132. The van der Waals surface area contributed by atoms with Crippen LogP contribution in [-0.2, 0) is 17.9 Å². The molecule has 1 aromatic carbocycles. The van der Waals surface area contributed by atoms with E-state index in [1.54, 1.807) is 18.4 Å². The second kappa shape index (κ2) is 9.57. The van der Waals surface area contributed by atoms with Crippen LogP contribution in [0.15, 0.2) is 29.6 Å². The number of methoxy groups -OCH3 is 1. The van der Waals surface area contributed by atoms with Gasteiger partial charge in [0.05, 0.1) is 19.3 Å². The molecule has 0 atom stereocenters. The van der Waals surface area contributed by atoms with E-state index >= 15 is 0 Å². The van der Waals surface area contributed by atoms with Gasteiger partial charge < -0.3 is 14.4 Å². The number of hydrogen-bond acceptors (Lipinski definition) is 5. The molecule has 0 N–H and O–H groups in total. The van der Waals surface area contributed by atoms with Crippen molar-refractivity contribution in [3.05, 3.63) is 40.3 Å². The van der Waals surface area contributed by atoms with E-state index in [9.17, 15) is 4.79 Å². The Kier molecular flexibility index (Phi) is 7.45. The Bertz CT molecular complexity index is 713. The van der Waals surface area contributed by atoms with Gasteiger partial charge in [-0.05, 0) is 18.1 Å². The van der Waals surface area contributed by atoms with Gasteiger partial charge in [-0.1, -0.05) is 39.8 Å². The van der Waals surface area contributed by atoms with Gasteiger partial charge >= 0.3 is 0 Å². The zero-order valence-electron chi connectivity index (χ0n) is 16.2. The first-order valence-corrected chi connectivity index (χ1v) is 9.76. The van der Waals surface area contributed by atoms with Crippen LogP contribution in [0.5, 0.6) is 11.5 Å². The molecule has 0 radical (unpaired) electrons. The summed E-state index contributed by atoms with van der Waals surface area (Å²) in [6.07, 6.45) is 0. The third-order valence-electron chi connectivity index (χ3n) is 3.76. The van der Waals surface area contributed by atoms with E-state index < -0.39 is 0 Å². The summed E-state index contributed by atoms with van der Waals surface area (Å²) in [4.78, 5) is 19.0. The molecular formula is C20H28N2O3S. The second-order valence-electron chi connectivity index (χ2n) is 6.94. The predicted octanol–water partition coefficient (Wildman–Crippen LogP) is 4.37. The quantitative estimate of drug-likeness (QED) is 0.652. The Labute approximate surface area is 160 Å². The highest BCUT2D eigenvalue weighted by molar-refractivity contribution is 7.09. The Balaban J connectivity index is 2.00. The van der Waals surface area contributed by atoms with Crippen molar-refractivity contribution < 1.29 is 14.3 Å². The predicted molar refractivity (Wildman–Crippen MR) is 105 cm³/mol. The van der Waals surface area contributed by atoms with E-state index in [-0.39, 0.29) is 11.8 Å².